The number of ether oxygens (including phenoxy) is 3. The molecular weight excluding hydrogens is 504 g/mol. The Morgan fingerprint density at radius 2 is 1.95 bits per heavy atom. The second kappa shape index (κ2) is 9.65. The number of likely N-dealkylation sites (tertiary alicyclic amines) is 1. The first-order valence-electron chi connectivity index (χ1n) is 14.7. The number of piperidine rings is 1. The fourth-order valence-corrected chi connectivity index (χ4v) is 8.30. The number of carbonyl (C=O) groups excluding carboxylic acids is 2. The third-order valence-electron chi connectivity index (χ3n) is 10.2. The minimum Gasteiger partial charge on any atom is -0.493 e. The fourth-order valence-electron chi connectivity index (χ4n) is 8.30. The zero-order valence-corrected chi connectivity index (χ0v) is 23.6. The van der Waals surface area contributed by atoms with E-state index in [0.717, 1.165) is 61.6 Å². The molecule has 3 aliphatic carbocycles. The van der Waals surface area contributed by atoms with Crippen molar-refractivity contribution in [1.82, 2.24) is 9.80 Å². The van der Waals surface area contributed by atoms with Crippen LogP contribution in [0, 0.1) is 11.8 Å². The van der Waals surface area contributed by atoms with Crippen molar-refractivity contribution in [3.8, 4) is 17.2 Å². The SMILES string of the molecule is COc1cc(OC(C)=O)c2c3c1O[C@H]1[C@H](N(C)C(=O)C=Cc4ccccc4)CC[C@H]4[C@@H](C2)N(CC2CC2)CC[C@@]341. The van der Waals surface area contributed by atoms with Crippen LogP contribution < -0.4 is 14.2 Å². The Kier molecular flexibility index (Phi) is 6.19. The van der Waals surface area contributed by atoms with E-state index in [-0.39, 0.29) is 29.4 Å². The Bertz CT molecular complexity index is 1370. The number of methoxy groups -OCH3 is 1. The number of nitrogens with zero attached hydrogens (tertiary/aromatic N) is 2. The molecule has 1 spiro atoms. The van der Waals surface area contributed by atoms with E-state index >= 15 is 0 Å². The summed E-state index contributed by atoms with van der Waals surface area (Å²) in [6.07, 6.45) is 9.79. The van der Waals surface area contributed by atoms with Gasteiger partial charge in [-0.05, 0) is 68.5 Å². The third-order valence-corrected chi connectivity index (χ3v) is 10.2. The highest BCUT2D eigenvalue weighted by molar-refractivity contribution is 5.92. The van der Waals surface area contributed by atoms with E-state index in [4.69, 9.17) is 14.2 Å². The van der Waals surface area contributed by atoms with Gasteiger partial charge in [0.05, 0.1) is 13.2 Å². The highest BCUT2D eigenvalue weighted by Gasteiger charge is 2.67. The number of hydrogen-bond donors (Lipinski definition) is 0. The number of hydrogen-bond acceptors (Lipinski definition) is 6. The summed E-state index contributed by atoms with van der Waals surface area (Å²) in [6, 6.07) is 12.1. The van der Waals surface area contributed by atoms with Gasteiger partial charge in [0.25, 0.3) is 0 Å². The maximum Gasteiger partial charge on any atom is 0.308 e. The molecule has 0 unspecified atom stereocenters. The number of esters is 1. The lowest BCUT2D eigenvalue weighted by Gasteiger charge is -2.60. The van der Waals surface area contributed by atoms with Gasteiger partial charge in [-0.2, -0.15) is 0 Å². The van der Waals surface area contributed by atoms with Crippen LogP contribution in [0.15, 0.2) is 42.5 Å². The van der Waals surface area contributed by atoms with Gasteiger partial charge in [0.2, 0.25) is 5.91 Å². The molecule has 0 N–H and O–H groups in total. The number of carbonyl (C=O) groups is 2. The van der Waals surface area contributed by atoms with Gasteiger partial charge in [0, 0.05) is 55.2 Å². The van der Waals surface area contributed by atoms with Crippen molar-refractivity contribution in [2.24, 2.45) is 11.8 Å². The van der Waals surface area contributed by atoms with Crippen molar-refractivity contribution in [3.63, 3.8) is 0 Å². The molecule has 2 heterocycles. The molecule has 7 rings (SSSR count). The van der Waals surface area contributed by atoms with Gasteiger partial charge in [-0.1, -0.05) is 30.3 Å². The van der Waals surface area contributed by atoms with Crippen LogP contribution in [0.3, 0.4) is 0 Å². The van der Waals surface area contributed by atoms with E-state index in [2.05, 4.69) is 4.90 Å². The van der Waals surface area contributed by atoms with Gasteiger partial charge in [0.1, 0.15) is 11.9 Å². The maximum absolute atomic E-state index is 13.5. The Labute approximate surface area is 236 Å². The lowest BCUT2D eigenvalue weighted by atomic mass is 9.50. The molecule has 2 aromatic rings. The van der Waals surface area contributed by atoms with E-state index in [9.17, 15) is 9.59 Å². The molecule has 1 saturated heterocycles. The number of amides is 1. The van der Waals surface area contributed by atoms with Crippen LogP contribution in [0.2, 0.25) is 0 Å². The molecule has 7 heteroatoms. The Morgan fingerprint density at radius 1 is 1.15 bits per heavy atom. The maximum atomic E-state index is 13.5. The molecule has 2 aromatic carbocycles. The van der Waals surface area contributed by atoms with Crippen molar-refractivity contribution in [2.75, 3.05) is 27.2 Å². The average molecular weight is 543 g/mol. The summed E-state index contributed by atoms with van der Waals surface area (Å²) in [5.41, 5.74) is 3.03. The van der Waals surface area contributed by atoms with Crippen LogP contribution in [0.1, 0.15) is 55.7 Å². The molecule has 2 aliphatic heterocycles. The molecule has 5 atom stereocenters. The summed E-state index contributed by atoms with van der Waals surface area (Å²) >= 11 is 0. The van der Waals surface area contributed by atoms with E-state index in [1.807, 2.05) is 54.4 Å². The van der Waals surface area contributed by atoms with E-state index in [0.29, 0.717) is 23.5 Å². The molecule has 1 amide bonds. The topological polar surface area (TPSA) is 68.3 Å². The first kappa shape index (κ1) is 25.6. The highest BCUT2D eigenvalue weighted by Crippen LogP contribution is 2.66. The molecule has 5 aliphatic rings. The van der Waals surface area contributed by atoms with Crippen LogP contribution >= 0.6 is 0 Å². The lowest BCUT2D eigenvalue weighted by Crippen LogP contribution is -2.69. The molecular formula is C33H38N2O5. The van der Waals surface area contributed by atoms with E-state index in [1.54, 1.807) is 13.2 Å². The molecule has 0 radical (unpaired) electrons. The van der Waals surface area contributed by atoms with Crippen molar-refractivity contribution in [1.29, 1.82) is 0 Å². The van der Waals surface area contributed by atoms with Crippen molar-refractivity contribution in [2.45, 2.75) is 69.1 Å². The quantitative estimate of drug-likeness (QED) is 0.289. The molecule has 2 bridgehead atoms. The summed E-state index contributed by atoms with van der Waals surface area (Å²) in [5.74, 6) is 2.87. The van der Waals surface area contributed by atoms with Gasteiger partial charge < -0.3 is 19.1 Å². The summed E-state index contributed by atoms with van der Waals surface area (Å²) in [7, 11) is 3.55. The molecule has 3 fully saturated rings. The van der Waals surface area contributed by atoms with Crippen molar-refractivity contribution >= 4 is 18.0 Å². The fraction of sp³-hybridized carbons (Fsp3) is 0.515. The molecule has 0 aromatic heterocycles. The van der Waals surface area contributed by atoms with Crippen LogP contribution in [-0.2, 0) is 21.4 Å². The zero-order chi connectivity index (χ0) is 27.6. The van der Waals surface area contributed by atoms with Gasteiger partial charge in [-0.25, -0.2) is 0 Å². The Hall–Kier alpha value is -3.32. The molecule has 40 heavy (non-hydrogen) atoms. The molecule has 7 nitrogen and oxygen atoms in total. The van der Waals surface area contributed by atoms with Crippen LogP contribution in [0.25, 0.3) is 6.08 Å². The van der Waals surface area contributed by atoms with Crippen molar-refractivity contribution in [3.05, 3.63) is 59.2 Å². The highest BCUT2D eigenvalue weighted by atomic mass is 16.5. The van der Waals surface area contributed by atoms with E-state index < -0.39 is 0 Å². The third kappa shape index (κ3) is 3.96. The average Bonchev–Trinajstić information content (AvgIpc) is 3.71. The lowest BCUT2D eigenvalue weighted by molar-refractivity contribution is -0.135. The van der Waals surface area contributed by atoms with Crippen molar-refractivity contribution < 1.29 is 23.8 Å². The predicted molar refractivity (Wildman–Crippen MR) is 152 cm³/mol. The van der Waals surface area contributed by atoms with Crippen LogP contribution in [0.4, 0.5) is 0 Å². The van der Waals surface area contributed by atoms with Gasteiger partial charge in [0.15, 0.2) is 11.5 Å². The molecule has 210 valence electrons. The number of rotatable bonds is 7. The Balaban J connectivity index is 1.29. The largest absolute Gasteiger partial charge is 0.493 e. The Morgan fingerprint density at radius 3 is 2.67 bits per heavy atom. The summed E-state index contributed by atoms with van der Waals surface area (Å²) in [6.45, 7) is 3.63. The second-order valence-corrected chi connectivity index (χ2v) is 12.3. The smallest absolute Gasteiger partial charge is 0.308 e. The first-order valence-corrected chi connectivity index (χ1v) is 14.7. The summed E-state index contributed by atoms with van der Waals surface area (Å²) in [4.78, 5) is 30.2. The predicted octanol–water partition coefficient (Wildman–Crippen LogP) is 4.61. The van der Waals surface area contributed by atoms with Gasteiger partial charge >= 0.3 is 5.97 Å². The molecule has 2 saturated carbocycles. The number of benzene rings is 2. The minimum absolute atomic E-state index is 0.0189. The second-order valence-electron chi connectivity index (χ2n) is 12.3. The normalized spacial score (nSPS) is 30.0. The standard InChI is InChI=1S/C33H38N2O5/c1-20(36)39-27-18-28(38-3)31-30-23(27)17-26-24-12-13-25(34(2)29(37)14-11-21-7-5-4-6-8-21)32(40-31)33(24,30)15-16-35(26)19-22-9-10-22/h4-8,11,14,18,22,24-26,32H,9-10,12-13,15-17,19H2,1-3H3/t24-,25+,26+,32-,33-/m0/s1. The zero-order valence-electron chi connectivity index (χ0n) is 23.6. The monoisotopic (exact) mass is 542 g/mol. The van der Waals surface area contributed by atoms with E-state index in [1.165, 1.54) is 25.3 Å². The van der Waals surface area contributed by atoms with Gasteiger partial charge in [-0.15, -0.1) is 0 Å². The minimum atomic E-state index is -0.328. The number of likely N-dealkylation sites (N-methyl/N-ethyl adjacent to an activating group) is 1. The van der Waals surface area contributed by atoms with Crippen LogP contribution in [-0.4, -0.2) is 67.1 Å². The summed E-state index contributed by atoms with van der Waals surface area (Å²) < 4.78 is 18.6. The first-order chi connectivity index (χ1) is 19.4. The van der Waals surface area contributed by atoms with Gasteiger partial charge in [-0.3, -0.25) is 14.5 Å². The summed E-state index contributed by atoms with van der Waals surface area (Å²) in [5, 5.41) is 0. The van der Waals surface area contributed by atoms with Crippen LogP contribution in [0.5, 0.6) is 17.2 Å².